The van der Waals surface area contributed by atoms with Gasteiger partial charge in [0.05, 0.1) is 10.9 Å². The zero-order valence-electron chi connectivity index (χ0n) is 9.90. The lowest BCUT2D eigenvalue weighted by Gasteiger charge is -2.13. The van der Waals surface area contributed by atoms with Crippen molar-refractivity contribution in [3.05, 3.63) is 23.3 Å². The van der Waals surface area contributed by atoms with Gasteiger partial charge in [0.2, 0.25) is 10.0 Å². The fraction of sp³-hybridized carbons (Fsp3) is 0.455. The lowest BCUT2D eigenvalue weighted by atomic mass is 10.1. The molecule has 0 amide bonds. The summed E-state index contributed by atoms with van der Waals surface area (Å²) in [6.07, 6.45) is 0. The van der Waals surface area contributed by atoms with E-state index in [-0.39, 0.29) is 11.4 Å². The van der Waals surface area contributed by atoms with Crippen LogP contribution in [0.3, 0.4) is 0 Å². The molecule has 0 spiro atoms. The highest BCUT2D eigenvalue weighted by molar-refractivity contribution is 7.93. The van der Waals surface area contributed by atoms with Crippen molar-refractivity contribution >= 4 is 15.7 Å². The van der Waals surface area contributed by atoms with E-state index in [1.165, 1.54) is 0 Å². The molecule has 1 aromatic carbocycles. The van der Waals surface area contributed by atoms with E-state index in [4.69, 9.17) is 0 Å². The van der Waals surface area contributed by atoms with Crippen LogP contribution >= 0.6 is 0 Å². The largest absolute Gasteiger partial charge is 0.505 e. The monoisotopic (exact) mass is 243 g/mol. The molecule has 0 aromatic heterocycles. The number of phenolic OH excluding ortho intramolecular Hbond substituents is 1. The fourth-order valence-electron chi connectivity index (χ4n) is 1.31. The highest BCUT2D eigenvalue weighted by atomic mass is 32.2. The topological polar surface area (TPSA) is 66.4 Å². The van der Waals surface area contributed by atoms with Gasteiger partial charge in [0.15, 0.2) is 0 Å². The number of hydrogen-bond donors (Lipinski definition) is 2. The average Bonchev–Trinajstić information content (AvgIpc) is 2.12. The third kappa shape index (κ3) is 2.66. The van der Waals surface area contributed by atoms with E-state index in [9.17, 15) is 13.5 Å². The van der Waals surface area contributed by atoms with Crippen molar-refractivity contribution in [3.63, 3.8) is 0 Å². The Morgan fingerprint density at radius 3 is 2.31 bits per heavy atom. The molecule has 16 heavy (non-hydrogen) atoms. The predicted molar refractivity (Wildman–Crippen MR) is 65.3 cm³/mol. The molecule has 0 bridgehead atoms. The number of sulfonamides is 1. The minimum atomic E-state index is -3.42. The van der Waals surface area contributed by atoms with Gasteiger partial charge in [-0.2, -0.15) is 0 Å². The minimum absolute atomic E-state index is 0.0187. The zero-order valence-corrected chi connectivity index (χ0v) is 10.7. The Balaban J connectivity index is 3.17. The Labute approximate surface area is 96.4 Å². The van der Waals surface area contributed by atoms with Crippen molar-refractivity contribution in [1.29, 1.82) is 0 Å². The number of nitrogens with one attached hydrogen (secondary N) is 1. The van der Waals surface area contributed by atoms with Crippen LogP contribution in [0.5, 0.6) is 5.75 Å². The van der Waals surface area contributed by atoms with Gasteiger partial charge in [0.25, 0.3) is 0 Å². The molecule has 1 rings (SSSR count). The van der Waals surface area contributed by atoms with E-state index in [1.807, 2.05) is 6.92 Å². The molecule has 0 unspecified atom stereocenters. The van der Waals surface area contributed by atoms with Crippen LogP contribution in [0.1, 0.15) is 25.0 Å². The first kappa shape index (κ1) is 12.8. The van der Waals surface area contributed by atoms with Crippen LogP contribution < -0.4 is 4.72 Å². The van der Waals surface area contributed by atoms with Gasteiger partial charge in [-0.25, -0.2) is 8.42 Å². The number of aromatic hydroxyl groups is 1. The van der Waals surface area contributed by atoms with Crippen molar-refractivity contribution in [1.82, 2.24) is 0 Å². The van der Waals surface area contributed by atoms with Crippen LogP contribution in [0.25, 0.3) is 0 Å². The van der Waals surface area contributed by atoms with E-state index in [0.29, 0.717) is 5.56 Å². The first-order valence-corrected chi connectivity index (χ1v) is 6.60. The quantitative estimate of drug-likeness (QED) is 0.799. The van der Waals surface area contributed by atoms with Gasteiger partial charge in [-0.3, -0.25) is 4.72 Å². The molecule has 1 aromatic rings. The van der Waals surface area contributed by atoms with Crippen LogP contribution in [0.4, 0.5) is 5.69 Å². The number of hydrogen-bond acceptors (Lipinski definition) is 3. The van der Waals surface area contributed by atoms with Crippen molar-refractivity contribution in [2.24, 2.45) is 0 Å². The van der Waals surface area contributed by atoms with Crippen LogP contribution in [-0.2, 0) is 10.0 Å². The van der Waals surface area contributed by atoms with Crippen molar-refractivity contribution in [2.75, 3.05) is 4.72 Å². The molecule has 0 aliphatic carbocycles. The van der Waals surface area contributed by atoms with Gasteiger partial charge in [0, 0.05) is 0 Å². The van der Waals surface area contributed by atoms with Gasteiger partial charge < -0.3 is 5.11 Å². The molecule has 0 saturated heterocycles. The third-order valence-electron chi connectivity index (χ3n) is 2.32. The number of benzene rings is 1. The van der Waals surface area contributed by atoms with Crippen LogP contribution in [0.15, 0.2) is 12.1 Å². The molecule has 0 aliphatic heterocycles. The summed E-state index contributed by atoms with van der Waals surface area (Å²) >= 11 is 0. The molecule has 0 aliphatic rings. The molecule has 2 N–H and O–H groups in total. The van der Waals surface area contributed by atoms with E-state index in [0.717, 1.165) is 5.56 Å². The number of aryl methyl sites for hydroxylation is 2. The van der Waals surface area contributed by atoms with E-state index >= 15 is 0 Å². The summed E-state index contributed by atoms with van der Waals surface area (Å²) in [6.45, 7) is 6.75. The summed E-state index contributed by atoms with van der Waals surface area (Å²) < 4.78 is 25.7. The molecular weight excluding hydrogens is 226 g/mol. The number of rotatable bonds is 3. The second-order valence-electron chi connectivity index (χ2n) is 4.17. The second-order valence-corrected chi connectivity index (χ2v) is 6.41. The van der Waals surface area contributed by atoms with Crippen LogP contribution in [0.2, 0.25) is 0 Å². The summed E-state index contributed by atoms with van der Waals surface area (Å²) in [5.41, 5.74) is 1.80. The highest BCUT2D eigenvalue weighted by Crippen LogP contribution is 2.29. The molecule has 0 fully saturated rings. The van der Waals surface area contributed by atoms with Gasteiger partial charge in [-0.1, -0.05) is 6.07 Å². The Morgan fingerprint density at radius 2 is 1.81 bits per heavy atom. The Hall–Kier alpha value is -1.23. The maximum atomic E-state index is 11.7. The van der Waals surface area contributed by atoms with Crippen LogP contribution in [-0.4, -0.2) is 18.8 Å². The van der Waals surface area contributed by atoms with Crippen molar-refractivity contribution in [2.45, 2.75) is 32.9 Å². The molecule has 0 saturated carbocycles. The van der Waals surface area contributed by atoms with Gasteiger partial charge in [-0.15, -0.1) is 0 Å². The van der Waals surface area contributed by atoms with Gasteiger partial charge in [-0.05, 0) is 44.9 Å². The first-order chi connectivity index (χ1) is 7.24. The lowest BCUT2D eigenvalue weighted by molar-refractivity contribution is 0.473. The summed E-state index contributed by atoms with van der Waals surface area (Å²) in [5.74, 6) is -0.0187. The molecule has 0 atom stereocenters. The van der Waals surface area contributed by atoms with Crippen molar-refractivity contribution < 1.29 is 13.5 Å². The number of anilines is 1. The minimum Gasteiger partial charge on any atom is -0.505 e. The second kappa shape index (κ2) is 4.33. The first-order valence-electron chi connectivity index (χ1n) is 5.06. The normalized spacial score (nSPS) is 11.8. The highest BCUT2D eigenvalue weighted by Gasteiger charge is 2.18. The van der Waals surface area contributed by atoms with E-state index in [1.54, 1.807) is 32.9 Å². The predicted octanol–water partition coefficient (Wildman–Crippen LogP) is 2.16. The maximum absolute atomic E-state index is 11.7. The van der Waals surface area contributed by atoms with E-state index in [2.05, 4.69) is 4.72 Å². The fourth-order valence-corrected chi connectivity index (χ4v) is 2.01. The molecular formula is C11H17NO3S. The molecule has 0 heterocycles. The third-order valence-corrected chi connectivity index (χ3v) is 4.06. The Bertz CT molecular complexity index is 492. The van der Waals surface area contributed by atoms with Gasteiger partial charge >= 0.3 is 0 Å². The average molecular weight is 243 g/mol. The smallest absolute Gasteiger partial charge is 0.235 e. The Kier molecular flexibility index (Phi) is 3.48. The summed E-state index contributed by atoms with van der Waals surface area (Å²) in [6, 6.07) is 3.41. The SMILES string of the molecule is Cc1cc(C)c(O)c(NS(=O)(=O)C(C)C)c1. The Morgan fingerprint density at radius 1 is 1.25 bits per heavy atom. The lowest BCUT2D eigenvalue weighted by Crippen LogP contribution is -2.22. The van der Waals surface area contributed by atoms with Crippen LogP contribution in [0, 0.1) is 13.8 Å². The molecule has 4 nitrogen and oxygen atoms in total. The maximum Gasteiger partial charge on any atom is 0.235 e. The summed E-state index contributed by atoms with van der Waals surface area (Å²) in [5, 5.41) is 9.21. The molecule has 0 radical (unpaired) electrons. The van der Waals surface area contributed by atoms with E-state index < -0.39 is 15.3 Å². The van der Waals surface area contributed by atoms with Gasteiger partial charge in [0.1, 0.15) is 5.75 Å². The standard InChI is InChI=1S/C11H17NO3S/c1-7(2)16(14,15)12-10-6-8(3)5-9(4)11(10)13/h5-7,12-13H,1-4H3. The summed E-state index contributed by atoms with van der Waals surface area (Å²) in [7, 11) is -3.42. The molecule has 90 valence electrons. The molecule has 5 heteroatoms. The summed E-state index contributed by atoms with van der Waals surface area (Å²) in [4.78, 5) is 0. The zero-order chi connectivity index (χ0) is 12.5. The van der Waals surface area contributed by atoms with Crippen molar-refractivity contribution in [3.8, 4) is 5.75 Å². The number of phenols is 1.